The fourth-order valence-corrected chi connectivity index (χ4v) is 5.79. The third kappa shape index (κ3) is 6.75. The van der Waals surface area contributed by atoms with Crippen molar-refractivity contribution in [1.29, 1.82) is 0 Å². The van der Waals surface area contributed by atoms with Gasteiger partial charge < -0.3 is 10.1 Å². The summed E-state index contributed by atoms with van der Waals surface area (Å²) in [5.41, 5.74) is 2.90. The molecule has 0 spiro atoms. The van der Waals surface area contributed by atoms with E-state index >= 15 is 0 Å². The smallest absolute Gasteiger partial charge is 0.262 e. The molecular formula is C28H27N3O6S2. The number of sulfonamides is 2. The SMILES string of the molecule is COc1ccc(C)cc1NS(=O)(=O)c1ccc(NC(=O)c2cccc(NS(=O)(=O)c3ccc(C)cc3)c2)cc1. The van der Waals surface area contributed by atoms with Crippen LogP contribution in [0.25, 0.3) is 0 Å². The summed E-state index contributed by atoms with van der Waals surface area (Å²) in [6, 6.07) is 23.3. The molecule has 4 aromatic carbocycles. The molecule has 0 aromatic heterocycles. The largest absolute Gasteiger partial charge is 0.495 e. The molecule has 0 radical (unpaired) electrons. The molecule has 0 aliphatic carbocycles. The molecule has 3 N–H and O–H groups in total. The number of hydrogen-bond acceptors (Lipinski definition) is 6. The number of carbonyl (C=O) groups is 1. The molecule has 202 valence electrons. The van der Waals surface area contributed by atoms with Gasteiger partial charge in [-0.2, -0.15) is 0 Å². The van der Waals surface area contributed by atoms with Gasteiger partial charge in [-0.15, -0.1) is 0 Å². The first-order chi connectivity index (χ1) is 18.5. The number of methoxy groups -OCH3 is 1. The summed E-state index contributed by atoms with van der Waals surface area (Å²) in [5.74, 6) is -0.110. The van der Waals surface area contributed by atoms with Crippen molar-refractivity contribution in [2.45, 2.75) is 23.6 Å². The van der Waals surface area contributed by atoms with Crippen LogP contribution in [-0.2, 0) is 20.0 Å². The predicted octanol–water partition coefficient (Wildman–Crippen LogP) is 5.17. The molecule has 0 aliphatic rings. The maximum absolute atomic E-state index is 12.9. The van der Waals surface area contributed by atoms with Crippen LogP contribution in [-0.4, -0.2) is 29.9 Å². The standard InChI is InChI=1S/C28H27N3O6S2/c1-19-7-12-24(13-8-19)38(33,34)30-23-6-4-5-21(18-23)28(32)29-22-10-14-25(15-11-22)39(35,36)31-26-17-20(2)9-16-27(26)37-3/h4-18,30-31H,1-3H3,(H,29,32). The van der Waals surface area contributed by atoms with Gasteiger partial charge in [-0.3, -0.25) is 14.2 Å². The van der Waals surface area contributed by atoms with Crippen molar-refractivity contribution in [2.75, 3.05) is 21.9 Å². The van der Waals surface area contributed by atoms with Gasteiger partial charge in [0, 0.05) is 16.9 Å². The summed E-state index contributed by atoms with van der Waals surface area (Å²) in [5, 5.41) is 2.69. The van der Waals surface area contributed by atoms with Gasteiger partial charge in [-0.05, 0) is 86.1 Å². The first-order valence-electron chi connectivity index (χ1n) is 11.8. The lowest BCUT2D eigenvalue weighted by Crippen LogP contribution is -2.16. The number of benzene rings is 4. The fraction of sp³-hybridized carbons (Fsp3) is 0.107. The van der Waals surface area contributed by atoms with Crippen molar-refractivity contribution >= 4 is 43.0 Å². The van der Waals surface area contributed by atoms with Gasteiger partial charge in [0.05, 0.1) is 22.6 Å². The number of anilines is 3. The molecule has 0 saturated heterocycles. The van der Waals surface area contributed by atoms with E-state index < -0.39 is 26.0 Å². The van der Waals surface area contributed by atoms with E-state index in [0.29, 0.717) is 17.1 Å². The summed E-state index contributed by atoms with van der Waals surface area (Å²) in [6.07, 6.45) is 0. The summed E-state index contributed by atoms with van der Waals surface area (Å²) in [7, 11) is -6.30. The highest BCUT2D eigenvalue weighted by Crippen LogP contribution is 2.28. The maximum Gasteiger partial charge on any atom is 0.262 e. The van der Waals surface area contributed by atoms with Gasteiger partial charge in [0.1, 0.15) is 5.75 Å². The minimum Gasteiger partial charge on any atom is -0.495 e. The lowest BCUT2D eigenvalue weighted by Gasteiger charge is -2.13. The van der Waals surface area contributed by atoms with E-state index in [0.717, 1.165) is 11.1 Å². The lowest BCUT2D eigenvalue weighted by atomic mass is 10.2. The zero-order valence-corrected chi connectivity index (χ0v) is 23.1. The van der Waals surface area contributed by atoms with E-state index in [1.54, 1.807) is 36.4 Å². The van der Waals surface area contributed by atoms with Crippen LogP contribution in [0.3, 0.4) is 0 Å². The monoisotopic (exact) mass is 565 g/mol. The Kier molecular flexibility index (Phi) is 7.93. The molecule has 1 amide bonds. The Bertz CT molecular complexity index is 1720. The summed E-state index contributed by atoms with van der Waals surface area (Å²) in [4.78, 5) is 12.9. The van der Waals surface area contributed by atoms with Crippen molar-refractivity contribution in [3.8, 4) is 5.75 Å². The molecule has 4 aromatic rings. The van der Waals surface area contributed by atoms with Crippen molar-refractivity contribution in [1.82, 2.24) is 0 Å². The number of aryl methyl sites for hydroxylation is 2. The maximum atomic E-state index is 12.9. The van der Waals surface area contributed by atoms with Gasteiger partial charge in [-0.1, -0.05) is 29.8 Å². The van der Waals surface area contributed by atoms with E-state index in [2.05, 4.69) is 14.8 Å². The third-order valence-electron chi connectivity index (χ3n) is 5.73. The molecule has 0 saturated carbocycles. The minimum absolute atomic E-state index is 0.00318. The van der Waals surface area contributed by atoms with Gasteiger partial charge in [0.2, 0.25) is 0 Å². The summed E-state index contributed by atoms with van der Waals surface area (Å²) >= 11 is 0. The van der Waals surface area contributed by atoms with Crippen molar-refractivity contribution in [3.05, 3.63) is 108 Å². The number of hydrogen-bond donors (Lipinski definition) is 3. The second-order valence-corrected chi connectivity index (χ2v) is 12.2. The van der Waals surface area contributed by atoms with E-state index in [-0.39, 0.29) is 21.0 Å². The molecule has 0 bridgehead atoms. The highest BCUT2D eigenvalue weighted by Gasteiger charge is 2.18. The molecular weight excluding hydrogens is 538 g/mol. The number of rotatable bonds is 9. The Morgan fingerprint density at radius 2 is 1.26 bits per heavy atom. The van der Waals surface area contributed by atoms with Crippen LogP contribution >= 0.6 is 0 Å². The molecule has 0 heterocycles. The molecule has 39 heavy (non-hydrogen) atoms. The Hall–Kier alpha value is -4.35. The highest BCUT2D eigenvalue weighted by atomic mass is 32.2. The molecule has 4 rings (SSSR count). The number of nitrogens with one attached hydrogen (secondary N) is 3. The predicted molar refractivity (Wildman–Crippen MR) is 151 cm³/mol. The van der Waals surface area contributed by atoms with Crippen LogP contribution in [0.1, 0.15) is 21.5 Å². The normalized spacial score (nSPS) is 11.5. The van der Waals surface area contributed by atoms with E-state index in [1.165, 1.54) is 55.6 Å². The van der Waals surface area contributed by atoms with Gasteiger partial charge >= 0.3 is 0 Å². The van der Waals surface area contributed by atoms with Crippen LogP contribution < -0.4 is 19.5 Å². The first-order valence-corrected chi connectivity index (χ1v) is 14.7. The van der Waals surface area contributed by atoms with E-state index in [1.807, 2.05) is 19.9 Å². The van der Waals surface area contributed by atoms with Crippen LogP contribution in [0.15, 0.2) is 101 Å². The fourth-order valence-electron chi connectivity index (χ4n) is 3.68. The number of carbonyl (C=O) groups excluding carboxylic acids is 1. The lowest BCUT2D eigenvalue weighted by molar-refractivity contribution is 0.102. The zero-order chi connectivity index (χ0) is 28.2. The average molecular weight is 566 g/mol. The second-order valence-electron chi connectivity index (χ2n) is 8.79. The van der Waals surface area contributed by atoms with E-state index in [4.69, 9.17) is 4.74 Å². The second kappa shape index (κ2) is 11.2. The van der Waals surface area contributed by atoms with Crippen LogP contribution in [0, 0.1) is 13.8 Å². The first kappa shape index (κ1) is 27.7. The van der Waals surface area contributed by atoms with Gasteiger partial charge in [0.25, 0.3) is 26.0 Å². The van der Waals surface area contributed by atoms with Crippen LogP contribution in [0.4, 0.5) is 17.1 Å². The molecule has 0 aliphatic heterocycles. The van der Waals surface area contributed by atoms with Crippen molar-refractivity contribution in [3.63, 3.8) is 0 Å². The van der Waals surface area contributed by atoms with Crippen LogP contribution in [0.2, 0.25) is 0 Å². The molecule has 0 atom stereocenters. The summed E-state index contributed by atoms with van der Waals surface area (Å²) in [6.45, 7) is 3.70. The number of amides is 1. The Balaban J connectivity index is 1.46. The van der Waals surface area contributed by atoms with Gasteiger partial charge in [0.15, 0.2) is 0 Å². The quantitative estimate of drug-likeness (QED) is 0.257. The molecule has 0 fully saturated rings. The molecule has 9 nitrogen and oxygen atoms in total. The minimum atomic E-state index is -3.92. The van der Waals surface area contributed by atoms with E-state index in [9.17, 15) is 21.6 Å². The highest BCUT2D eigenvalue weighted by molar-refractivity contribution is 7.93. The zero-order valence-electron chi connectivity index (χ0n) is 21.4. The van der Waals surface area contributed by atoms with Crippen molar-refractivity contribution < 1.29 is 26.4 Å². The van der Waals surface area contributed by atoms with Gasteiger partial charge in [-0.25, -0.2) is 16.8 Å². The molecule has 0 unspecified atom stereocenters. The Morgan fingerprint density at radius 1 is 0.667 bits per heavy atom. The average Bonchev–Trinajstić information content (AvgIpc) is 2.89. The van der Waals surface area contributed by atoms with Crippen molar-refractivity contribution in [2.24, 2.45) is 0 Å². The molecule has 11 heteroatoms. The summed E-state index contributed by atoms with van der Waals surface area (Å²) < 4.78 is 61.4. The Labute approximate surface area is 228 Å². The Morgan fingerprint density at radius 3 is 1.90 bits per heavy atom. The third-order valence-corrected chi connectivity index (χ3v) is 8.51. The number of ether oxygens (including phenoxy) is 1. The van der Waals surface area contributed by atoms with Crippen LogP contribution in [0.5, 0.6) is 5.75 Å². The topological polar surface area (TPSA) is 131 Å².